The molecule has 0 radical (unpaired) electrons. The van der Waals surface area contributed by atoms with E-state index in [2.05, 4.69) is 20.6 Å². The Morgan fingerprint density at radius 3 is 2.54 bits per heavy atom. The molecule has 6 heteroatoms. The first kappa shape index (κ1) is 15.7. The van der Waals surface area contributed by atoms with Crippen LogP contribution in [0.3, 0.4) is 0 Å². The van der Waals surface area contributed by atoms with E-state index >= 15 is 0 Å². The molecule has 5 nitrogen and oxygen atoms in total. The molecule has 4 N–H and O–H groups in total. The zero-order chi connectivity index (χ0) is 16.9. The van der Waals surface area contributed by atoms with Crippen LogP contribution < -0.4 is 16.4 Å². The minimum Gasteiger partial charge on any atom is -0.393 e. The summed E-state index contributed by atoms with van der Waals surface area (Å²) < 4.78 is 12.9. The molecule has 1 heterocycles. The molecule has 0 fully saturated rings. The lowest BCUT2D eigenvalue weighted by atomic mass is 10.2. The van der Waals surface area contributed by atoms with Crippen LogP contribution in [0.15, 0.2) is 54.9 Å². The fourth-order valence-corrected chi connectivity index (χ4v) is 2.28. The minimum absolute atomic E-state index is 0.259. The Morgan fingerprint density at radius 2 is 1.79 bits per heavy atom. The van der Waals surface area contributed by atoms with Crippen molar-refractivity contribution in [2.24, 2.45) is 0 Å². The first-order chi connectivity index (χ1) is 11.6. The number of anilines is 4. The SMILES string of the molecule is Cc1cccc(Nc2ncnc(NCc3ccc(F)cc3)c2N)c1. The van der Waals surface area contributed by atoms with Crippen LogP contribution in [-0.2, 0) is 6.54 Å². The van der Waals surface area contributed by atoms with Gasteiger partial charge in [-0.3, -0.25) is 0 Å². The van der Waals surface area contributed by atoms with Crippen molar-refractivity contribution in [3.05, 3.63) is 71.8 Å². The molecule has 0 aliphatic carbocycles. The van der Waals surface area contributed by atoms with Crippen molar-refractivity contribution in [2.45, 2.75) is 13.5 Å². The van der Waals surface area contributed by atoms with E-state index in [-0.39, 0.29) is 5.82 Å². The van der Waals surface area contributed by atoms with Crippen molar-refractivity contribution in [3.8, 4) is 0 Å². The Labute approximate surface area is 139 Å². The van der Waals surface area contributed by atoms with Gasteiger partial charge >= 0.3 is 0 Å². The van der Waals surface area contributed by atoms with Crippen molar-refractivity contribution in [1.29, 1.82) is 0 Å². The van der Waals surface area contributed by atoms with E-state index in [0.29, 0.717) is 23.9 Å². The van der Waals surface area contributed by atoms with E-state index in [0.717, 1.165) is 16.8 Å². The van der Waals surface area contributed by atoms with Crippen molar-refractivity contribution in [3.63, 3.8) is 0 Å². The molecule has 0 saturated heterocycles. The zero-order valence-corrected chi connectivity index (χ0v) is 13.3. The highest BCUT2D eigenvalue weighted by Gasteiger charge is 2.08. The summed E-state index contributed by atoms with van der Waals surface area (Å²) in [7, 11) is 0. The standard InChI is InChI=1S/C18H18FN5/c1-12-3-2-4-15(9-12)24-18-16(20)17(22-11-23-18)21-10-13-5-7-14(19)8-6-13/h2-9,11H,10,20H2,1H3,(H2,21,22,23,24). The van der Waals surface area contributed by atoms with E-state index in [1.807, 2.05) is 31.2 Å². The second-order valence-electron chi connectivity index (χ2n) is 5.46. The quantitative estimate of drug-likeness (QED) is 0.664. The molecule has 1 aromatic heterocycles. The van der Waals surface area contributed by atoms with Gasteiger partial charge in [0.1, 0.15) is 17.8 Å². The van der Waals surface area contributed by atoms with Gasteiger partial charge in [0.15, 0.2) is 11.6 Å². The first-order valence-corrected chi connectivity index (χ1v) is 7.54. The Kier molecular flexibility index (Phi) is 4.56. The minimum atomic E-state index is -0.259. The summed E-state index contributed by atoms with van der Waals surface area (Å²) in [4.78, 5) is 8.36. The summed E-state index contributed by atoms with van der Waals surface area (Å²) in [5, 5.41) is 6.34. The highest BCUT2D eigenvalue weighted by Crippen LogP contribution is 2.26. The highest BCUT2D eigenvalue weighted by atomic mass is 19.1. The lowest BCUT2D eigenvalue weighted by molar-refractivity contribution is 0.627. The van der Waals surface area contributed by atoms with Crippen molar-refractivity contribution < 1.29 is 4.39 Å². The number of aromatic nitrogens is 2. The number of benzene rings is 2. The van der Waals surface area contributed by atoms with Crippen molar-refractivity contribution >= 4 is 23.0 Å². The van der Waals surface area contributed by atoms with Gasteiger partial charge in [0, 0.05) is 12.2 Å². The van der Waals surface area contributed by atoms with Crippen LogP contribution in [0.5, 0.6) is 0 Å². The zero-order valence-electron chi connectivity index (χ0n) is 13.3. The van der Waals surface area contributed by atoms with Crippen LogP contribution in [0, 0.1) is 12.7 Å². The van der Waals surface area contributed by atoms with E-state index < -0.39 is 0 Å². The third kappa shape index (κ3) is 3.78. The lowest BCUT2D eigenvalue weighted by Crippen LogP contribution is -2.08. The molecular formula is C18H18FN5. The van der Waals surface area contributed by atoms with Crippen LogP contribution in [0.1, 0.15) is 11.1 Å². The Balaban J connectivity index is 1.74. The molecule has 0 amide bonds. The highest BCUT2D eigenvalue weighted by molar-refractivity contribution is 5.77. The smallest absolute Gasteiger partial charge is 0.159 e. The van der Waals surface area contributed by atoms with Gasteiger partial charge in [-0.15, -0.1) is 0 Å². The van der Waals surface area contributed by atoms with Crippen LogP contribution in [0.25, 0.3) is 0 Å². The van der Waals surface area contributed by atoms with Crippen LogP contribution in [0.4, 0.5) is 27.4 Å². The first-order valence-electron chi connectivity index (χ1n) is 7.54. The summed E-state index contributed by atoms with van der Waals surface area (Å²) >= 11 is 0. The molecule has 0 atom stereocenters. The monoisotopic (exact) mass is 323 g/mol. The number of nitrogens with two attached hydrogens (primary N) is 1. The van der Waals surface area contributed by atoms with Gasteiger partial charge < -0.3 is 16.4 Å². The van der Waals surface area contributed by atoms with Crippen LogP contribution in [-0.4, -0.2) is 9.97 Å². The maximum atomic E-state index is 12.9. The predicted octanol–water partition coefficient (Wildman–Crippen LogP) is 3.86. The van der Waals surface area contributed by atoms with E-state index in [1.165, 1.54) is 18.5 Å². The van der Waals surface area contributed by atoms with Crippen LogP contribution in [0.2, 0.25) is 0 Å². The molecule has 0 bridgehead atoms. The molecule has 0 aliphatic rings. The summed E-state index contributed by atoms with van der Waals surface area (Å²) in [6.07, 6.45) is 1.45. The van der Waals surface area contributed by atoms with Crippen LogP contribution >= 0.6 is 0 Å². The summed E-state index contributed by atoms with van der Waals surface area (Å²) in [5.74, 6) is 0.812. The Hall–Kier alpha value is -3.15. The number of nitrogen functional groups attached to an aromatic ring is 1. The molecular weight excluding hydrogens is 305 g/mol. The topological polar surface area (TPSA) is 75.9 Å². The molecule has 0 unspecified atom stereocenters. The van der Waals surface area contributed by atoms with Gasteiger partial charge in [-0.25, -0.2) is 14.4 Å². The normalized spacial score (nSPS) is 10.4. The largest absolute Gasteiger partial charge is 0.393 e. The van der Waals surface area contributed by atoms with Gasteiger partial charge in [-0.2, -0.15) is 0 Å². The van der Waals surface area contributed by atoms with Gasteiger partial charge in [0.05, 0.1) is 0 Å². The fraction of sp³-hybridized carbons (Fsp3) is 0.111. The predicted molar refractivity (Wildman–Crippen MR) is 94.6 cm³/mol. The Bertz CT molecular complexity index is 833. The number of hydrogen-bond acceptors (Lipinski definition) is 5. The lowest BCUT2D eigenvalue weighted by Gasteiger charge is -2.13. The van der Waals surface area contributed by atoms with Gasteiger partial charge in [-0.05, 0) is 42.3 Å². The van der Waals surface area contributed by atoms with Gasteiger partial charge in [-0.1, -0.05) is 24.3 Å². The third-order valence-corrected chi connectivity index (χ3v) is 3.54. The molecule has 0 aliphatic heterocycles. The fourth-order valence-electron chi connectivity index (χ4n) is 2.28. The number of nitrogens with one attached hydrogen (secondary N) is 2. The number of halogens is 1. The average Bonchev–Trinajstić information content (AvgIpc) is 2.57. The van der Waals surface area contributed by atoms with E-state index in [1.54, 1.807) is 12.1 Å². The number of nitrogens with zero attached hydrogens (tertiary/aromatic N) is 2. The van der Waals surface area contributed by atoms with E-state index in [9.17, 15) is 4.39 Å². The summed E-state index contributed by atoms with van der Waals surface area (Å²) in [5.41, 5.74) is 9.56. The molecule has 3 aromatic rings. The van der Waals surface area contributed by atoms with Gasteiger partial charge in [0.2, 0.25) is 0 Å². The third-order valence-electron chi connectivity index (χ3n) is 3.54. The molecule has 3 rings (SSSR count). The molecule has 24 heavy (non-hydrogen) atoms. The molecule has 0 saturated carbocycles. The maximum Gasteiger partial charge on any atom is 0.159 e. The van der Waals surface area contributed by atoms with E-state index in [4.69, 9.17) is 5.73 Å². The number of rotatable bonds is 5. The number of aryl methyl sites for hydroxylation is 1. The summed E-state index contributed by atoms with van der Waals surface area (Å²) in [6, 6.07) is 14.2. The van der Waals surface area contributed by atoms with Crippen molar-refractivity contribution in [2.75, 3.05) is 16.4 Å². The second-order valence-corrected chi connectivity index (χ2v) is 5.46. The van der Waals surface area contributed by atoms with Gasteiger partial charge in [0.25, 0.3) is 0 Å². The summed E-state index contributed by atoms with van der Waals surface area (Å²) in [6.45, 7) is 2.51. The average molecular weight is 323 g/mol. The Morgan fingerprint density at radius 1 is 1.04 bits per heavy atom. The second kappa shape index (κ2) is 6.95. The van der Waals surface area contributed by atoms with Crippen molar-refractivity contribution in [1.82, 2.24) is 9.97 Å². The molecule has 2 aromatic carbocycles. The molecule has 0 spiro atoms. The molecule has 122 valence electrons. The number of hydrogen-bond donors (Lipinski definition) is 3. The maximum absolute atomic E-state index is 12.9.